The van der Waals surface area contributed by atoms with Crippen molar-refractivity contribution in [3.8, 4) is 0 Å². The minimum absolute atomic E-state index is 0.172. The van der Waals surface area contributed by atoms with E-state index in [2.05, 4.69) is 10.2 Å². The fourth-order valence-electron chi connectivity index (χ4n) is 2.70. The predicted molar refractivity (Wildman–Crippen MR) is 84.5 cm³/mol. The lowest BCUT2D eigenvalue weighted by atomic mass is 9.93. The largest absolute Gasteiger partial charge is 0.444 e. The molecule has 5 nitrogen and oxygen atoms in total. The van der Waals surface area contributed by atoms with E-state index in [9.17, 15) is 4.79 Å². The molecule has 2 fully saturated rings. The van der Waals surface area contributed by atoms with Crippen LogP contribution in [0.5, 0.6) is 0 Å². The standard InChI is InChI=1S/C16H31N3O2/c1-16(2,3)21-15(20)19-12-10-18(11-13-19)9-5-8-17-14-6-4-7-14/h14,17H,4-13H2,1-3H3. The Balaban J connectivity index is 1.56. The van der Waals surface area contributed by atoms with Gasteiger partial charge < -0.3 is 15.0 Å². The van der Waals surface area contributed by atoms with Gasteiger partial charge in [-0.1, -0.05) is 6.42 Å². The van der Waals surface area contributed by atoms with Crippen LogP contribution >= 0.6 is 0 Å². The molecule has 1 heterocycles. The summed E-state index contributed by atoms with van der Waals surface area (Å²) in [4.78, 5) is 16.2. The summed E-state index contributed by atoms with van der Waals surface area (Å²) in [6.45, 7) is 11.5. The SMILES string of the molecule is CC(C)(C)OC(=O)N1CCN(CCCNC2CCC2)CC1. The summed E-state index contributed by atoms with van der Waals surface area (Å²) in [5, 5.41) is 3.60. The van der Waals surface area contributed by atoms with E-state index in [1.165, 1.54) is 25.7 Å². The molecule has 0 aromatic rings. The quantitative estimate of drug-likeness (QED) is 0.789. The van der Waals surface area contributed by atoms with Gasteiger partial charge in [0.15, 0.2) is 0 Å². The van der Waals surface area contributed by atoms with Gasteiger partial charge in [-0.3, -0.25) is 4.90 Å². The van der Waals surface area contributed by atoms with Crippen LogP contribution in [0.1, 0.15) is 46.5 Å². The van der Waals surface area contributed by atoms with E-state index in [0.717, 1.165) is 45.3 Å². The van der Waals surface area contributed by atoms with Gasteiger partial charge in [0.2, 0.25) is 0 Å². The van der Waals surface area contributed by atoms with Crippen LogP contribution in [-0.2, 0) is 4.74 Å². The first kappa shape index (κ1) is 16.6. The van der Waals surface area contributed by atoms with Crippen molar-refractivity contribution in [2.75, 3.05) is 39.3 Å². The predicted octanol–water partition coefficient (Wildman–Crippen LogP) is 2.07. The highest BCUT2D eigenvalue weighted by Gasteiger charge is 2.25. The summed E-state index contributed by atoms with van der Waals surface area (Å²) < 4.78 is 5.41. The lowest BCUT2D eigenvalue weighted by molar-refractivity contribution is 0.0144. The number of piperazine rings is 1. The lowest BCUT2D eigenvalue weighted by Crippen LogP contribution is -2.50. The molecule has 1 amide bonds. The Bertz CT molecular complexity index is 329. The second kappa shape index (κ2) is 7.45. The molecule has 2 rings (SSSR count). The van der Waals surface area contributed by atoms with Crippen LogP contribution in [0.3, 0.4) is 0 Å². The molecule has 2 aliphatic rings. The highest BCUT2D eigenvalue weighted by atomic mass is 16.6. The van der Waals surface area contributed by atoms with Gasteiger partial charge in [0.05, 0.1) is 0 Å². The topological polar surface area (TPSA) is 44.8 Å². The Hall–Kier alpha value is -0.810. The summed E-state index contributed by atoms with van der Waals surface area (Å²) in [7, 11) is 0. The number of ether oxygens (including phenoxy) is 1. The molecule has 122 valence electrons. The number of rotatable bonds is 5. The van der Waals surface area contributed by atoms with Gasteiger partial charge in [-0.15, -0.1) is 0 Å². The molecule has 0 bridgehead atoms. The summed E-state index contributed by atoms with van der Waals surface area (Å²) in [6.07, 6.45) is 5.13. The lowest BCUT2D eigenvalue weighted by Gasteiger charge is -2.35. The highest BCUT2D eigenvalue weighted by Crippen LogP contribution is 2.17. The Morgan fingerprint density at radius 3 is 2.38 bits per heavy atom. The fourth-order valence-corrected chi connectivity index (χ4v) is 2.70. The molecule has 1 N–H and O–H groups in total. The number of nitrogens with one attached hydrogen (secondary N) is 1. The average molecular weight is 297 g/mol. The first-order valence-corrected chi connectivity index (χ1v) is 8.38. The van der Waals surface area contributed by atoms with E-state index in [1.807, 2.05) is 25.7 Å². The molecule has 0 aromatic carbocycles. The normalized spacial score (nSPS) is 21.2. The van der Waals surface area contributed by atoms with Crippen LogP contribution in [0.15, 0.2) is 0 Å². The first-order chi connectivity index (χ1) is 9.94. The van der Waals surface area contributed by atoms with Gasteiger partial charge in [0.1, 0.15) is 5.60 Å². The zero-order chi connectivity index (χ0) is 15.3. The van der Waals surface area contributed by atoms with E-state index in [-0.39, 0.29) is 6.09 Å². The van der Waals surface area contributed by atoms with E-state index >= 15 is 0 Å². The second-order valence-electron chi connectivity index (χ2n) is 7.24. The van der Waals surface area contributed by atoms with Gasteiger partial charge in [0, 0.05) is 32.2 Å². The number of nitrogens with zero attached hydrogens (tertiary/aromatic N) is 2. The van der Waals surface area contributed by atoms with Crippen molar-refractivity contribution in [2.45, 2.75) is 58.1 Å². The van der Waals surface area contributed by atoms with Crippen LogP contribution in [0.2, 0.25) is 0 Å². The van der Waals surface area contributed by atoms with Crippen molar-refractivity contribution < 1.29 is 9.53 Å². The van der Waals surface area contributed by atoms with Crippen LogP contribution in [0.25, 0.3) is 0 Å². The van der Waals surface area contributed by atoms with Gasteiger partial charge in [-0.2, -0.15) is 0 Å². The summed E-state index contributed by atoms with van der Waals surface area (Å²) in [5.41, 5.74) is -0.401. The Morgan fingerprint density at radius 2 is 1.86 bits per heavy atom. The molecule has 1 saturated carbocycles. The molecule has 0 spiro atoms. The first-order valence-electron chi connectivity index (χ1n) is 8.38. The third-order valence-corrected chi connectivity index (χ3v) is 4.21. The van der Waals surface area contributed by atoms with Crippen molar-refractivity contribution in [3.05, 3.63) is 0 Å². The van der Waals surface area contributed by atoms with Crippen molar-refractivity contribution >= 4 is 6.09 Å². The zero-order valence-electron chi connectivity index (χ0n) is 13.9. The molecular formula is C16H31N3O2. The maximum absolute atomic E-state index is 12.0. The average Bonchev–Trinajstić information content (AvgIpc) is 2.35. The molecule has 0 aromatic heterocycles. The second-order valence-corrected chi connectivity index (χ2v) is 7.24. The molecule has 0 atom stereocenters. The third kappa shape index (κ3) is 5.83. The van der Waals surface area contributed by atoms with Gasteiger partial charge >= 0.3 is 6.09 Å². The van der Waals surface area contributed by atoms with Crippen molar-refractivity contribution in [2.24, 2.45) is 0 Å². The van der Waals surface area contributed by atoms with Gasteiger partial charge in [-0.05, 0) is 53.1 Å². The van der Waals surface area contributed by atoms with E-state index in [4.69, 9.17) is 4.74 Å². The zero-order valence-corrected chi connectivity index (χ0v) is 13.9. The molecule has 0 radical (unpaired) electrons. The maximum Gasteiger partial charge on any atom is 0.410 e. The van der Waals surface area contributed by atoms with Crippen molar-refractivity contribution in [3.63, 3.8) is 0 Å². The van der Waals surface area contributed by atoms with Crippen molar-refractivity contribution in [1.82, 2.24) is 15.1 Å². The minimum Gasteiger partial charge on any atom is -0.444 e. The van der Waals surface area contributed by atoms with Crippen LogP contribution < -0.4 is 5.32 Å². The Kier molecular flexibility index (Phi) is 5.88. The number of hydrogen-bond acceptors (Lipinski definition) is 4. The molecule has 1 aliphatic heterocycles. The smallest absolute Gasteiger partial charge is 0.410 e. The summed E-state index contributed by atoms with van der Waals surface area (Å²) in [6, 6.07) is 0.786. The number of carbonyl (C=O) groups excluding carboxylic acids is 1. The van der Waals surface area contributed by atoms with E-state index in [1.54, 1.807) is 0 Å². The minimum atomic E-state index is -0.401. The van der Waals surface area contributed by atoms with Crippen molar-refractivity contribution in [1.29, 1.82) is 0 Å². The van der Waals surface area contributed by atoms with Gasteiger partial charge in [0.25, 0.3) is 0 Å². The monoisotopic (exact) mass is 297 g/mol. The van der Waals surface area contributed by atoms with E-state index < -0.39 is 5.60 Å². The molecule has 1 aliphatic carbocycles. The highest BCUT2D eigenvalue weighted by molar-refractivity contribution is 5.68. The number of hydrogen-bond donors (Lipinski definition) is 1. The Morgan fingerprint density at radius 1 is 1.19 bits per heavy atom. The summed E-state index contributed by atoms with van der Waals surface area (Å²) in [5.74, 6) is 0. The number of carbonyl (C=O) groups is 1. The molecular weight excluding hydrogens is 266 g/mol. The Labute approximate surface area is 129 Å². The van der Waals surface area contributed by atoms with Crippen LogP contribution in [0, 0.1) is 0 Å². The third-order valence-electron chi connectivity index (χ3n) is 4.21. The maximum atomic E-state index is 12.0. The molecule has 5 heteroatoms. The van der Waals surface area contributed by atoms with Gasteiger partial charge in [-0.25, -0.2) is 4.79 Å². The van der Waals surface area contributed by atoms with Crippen LogP contribution in [0.4, 0.5) is 4.79 Å². The number of amides is 1. The molecule has 0 unspecified atom stereocenters. The van der Waals surface area contributed by atoms with E-state index in [0.29, 0.717) is 0 Å². The fraction of sp³-hybridized carbons (Fsp3) is 0.938. The van der Waals surface area contributed by atoms with Crippen LogP contribution in [-0.4, -0.2) is 66.8 Å². The molecule has 1 saturated heterocycles. The molecule has 21 heavy (non-hydrogen) atoms. The summed E-state index contributed by atoms with van der Waals surface area (Å²) >= 11 is 0.